The molecule has 0 saturated heterocycles. The first kappa shape index (κ1) is 10.3. The monoisotopic (exact) mass is 248 g/mol. The molecule has 88 valence electrons. The molecule has 2 aromatic heterocycles. The Balaban J connectivity index is 0.00000120. The molecule has 0 bridgehead atoms. The van der Waals surface area contributed by atoms with Gasteiger partial charge in [-0.3, -0.25) is 0 Å². The number of ether oxygens (including phenoxy) is 1. The molecule has 1 N–H and O–H groups in total. The molecule has 0 fully saturated rings. The van der Waals surface area contributed by atoms with E-state index in [9.17, 15) is 4.79 Å². The number of carbonyl (C=O) groups excluding carboxylic acids is 1. The summed E-state index contributed by atoms with van der Waals surface area (Å²) in [5.74, 6) is -0.317. The summed E-state index contributed by atoms with van der Waals surface area (Å²) in [6, 6.07) is 5.48. The first-order valence-corrected chi connectivity index (χ1v) is 5.98. The summed E-state index contributed by atoms with van der Waals surface area (Å²) in [6.45, 7) is 1.97. The van der Waals surface area contributed by atoms with Crippen molar-refractivity contribution in [1.82, 2.24) is 9.97 Å². The molecule has 0 spiro atoms. The van der Waals surface area contributed by atoms with Gasteiger partial charge in [0.05, 0.1) is 22.4 Å². The molecule has 0 unspecified atom stereocenters. The van der Waals surface area contributed by atoms with E-state index in [1.54, 1.807) is 17.4 Å². The minimum absolute atomic E-state index is 0. The van der Waals surface area contributed by atoms with E-state index in [1.165, 1.54) is 7.11 Å². The van der Waals surface area contributed by atoms with Gasteiger partial charge in [0.15, 0.2) is 0 Å². The number of thiazole rings is 1. The van der Waals surface area contributed by atoms with Crippen LogP contribution in [-0.2, 0) is 4.74 Å². The van der Waals surface area contributed by atoms with Gasteiger partial charge in [-0.1, -0.05) is 0 Å². The molecule has 2 heterocycles. The lowest BCUT2D eigenvalue weighted by Gasteiger charge is -1.98. The summed E-state index contributed by atoms with van der Waals surface area (Å²) in [7, 11) is 1.39. The zero-order chi connectivity index (χ0) is 12.0. The third-order valence-corrected chi connectivity index (χ3v) is 3.68. The van der Waals surface area contributed by atoms with E-state index < -0.39 is 0 Å². The number of aromatic amines is 1. The molecule has 3 rings (SSSR count). The van der Waals surface area contributed by atoms with E-state index in [-0.39, 0.29) is 7.40 Å². The number of carbonyl (C=O) groups is 1. The van der Waals surface area contributed by atoms with Crippen LogP contribution in [0.3, 0.4) is 0 Å². The van der Waals surface area contributed by atoms with Crippen molar-refractivity contribution < 1.29 is 11.0 Å². The molecular weight excluding hydrogens is 236 g/mol. The topological polar surface area (TPSA) is 55.0 Å². The number of methoxy groups -OCH3 is 1. The largest absolute Gasteiger partial charge is 0.465 e. The van der Waals surface area contributed by atoms with Gasteiger partial charge in [-0.2, -0.15) is 0 Å². The molecule has 0 atom stereocenters. The van der Waals surface area contributed by atoms with Crippen LogP contribution < -0.4 is 0 Å². The van der Waals surface area contributed by atoms with E-state index >= 15 is 0 Å². The molecule has 0 aliphatic carbocycles. The van der Waals surface area contributed by atoms with Gasteiger partial charge in [-0.05, 0) is 25.1 Å². The predicted molar refractivity (Wildman–Crippen MR) is 69.7 cm³/mol. The highest BCUT2D eigenvalue weighted by Gasteiger charge is 2.12. The average molecular weight is 248 g/mol. The Morgan fingerprint density at radius 1 is 1.53 bits per heavy atom. The molecule has 0 aliphatic rings. The smallest absolute Gasteiger partial charge is 0.337 e. The predicted octanol–water partition coefficient (Wildman–Crippen LogP) is 3.12. The minimum Gasteiger partial charge on any atom is -0.465 e. The first-order chi connectivity index (χ1) is 8.19. The van der Waals surface area contributed by atoms with Crippen LogP contribution in [0.2, 0.25) is 0 Å². The molecule has 0 saturated carbocycles. The van der Waals surface area contributed by atoms with Crippen molar-refractivity contribution in [3.05, 3.63) is 28.8 Å². The van der Waals surface area contributed by atoms with E-state index in [0.717, 1.165) is 26.3 Å². The van der Waals surface area contributed by atoms with Crippen LogP contribution in [0.25, 0.3) is 21.3 Å². The second kappa shape index (κ2) is 3.56. The lowest BCUT2D eigenvalue weighted by Crippen LogP contribution is -2.00. The number of fused-ring (bicyclic) bond motifs is 3. The van der Waals surface area contributed by atoms with E-state index in [1.807, 2.05) is 19.1 Å². The van der Waals surface area contributed by atoms with E-state index in [4.69, 9.17) is 4.74 Å². The maximum atomic E-state index is 11.5. The fourth-order valence-electron chi connectivity index (χ4n) is 1.91. The van der Waals surface area contributed by atoms with Gasteiger partial charge in [0.2, 0.25) is 0 Å². The summed E-state index contributed by atoms with van der Waals surface area (Å²) >= 11 is 1.62. The zero-order valence-electron chi connectivity index (χ0n) is 9.40. The average Bonchev–Trinajstić information content (AvgIpc) is 2.83. The number of aryl methyl sites for hydroxylation is 1. The van der Waals surface area contributed by atoms with Crippen molar-refractivity contribution in [1.29, 1.82) is 0 Å². The van der Waals surface area contributed by atoms with Crippen LogP contribution in [0.15, 0.2) is 18.2 Å². The van der Waals surface area contributed by atoms with Gasteiger partial charge in [0.1, 0.15) is 5.65 Å². The Morgan fingerprint density at radius 2 is 2.35 bits per heavy atom. The molecular formula is C12H12N2O2S. The molecule has 0 radical (unpaired) electrons. The van der Waals surface area contributed by atoms with Crippen LogP contribution in [-0.4, -0.2) is 23.0 Å². The Hall–Kier alpha value is -1.88. The highest BCUT2D eigenvalue weighted by molar-refractivity contribution is 7.19. The fraction of sp³-hybridized carbons (Fsp3) is 0.167. The van der Waals surface area contributed by atoms with Crippen molar-refractivity contribution in [2.75, 3.05) is 7.11 Å². The van der Waals surface area contributed by atoms with Crippen LogP contribution in [0.5, 0.6) is 0 Å². The molecule has 0 amide bonds. The van der Waals surface area contributed by atoms with Crippen LogP contribution in [0.1, 0.15) is 16.8 Å². The van der Waals surface area contributed by atoms with Gasteiger partial charge in [-0.15, -0.1) is 11.3 Å². The Morgan fingerprint density at radius 3 is 3.12 bits per heavy atom. The van der Waals surface area contributed by atoms with Gasteiger partial charge < -0.3 is 9.72 Å². The molecule has 17 heavy (non-hydrogen) atoms. The van der Waals surface area contributed by atoms with Gasteiger partial charge in [-0.25, -0.2) is 9.78 Å². The number of esters is 1. The summed E-state index contributed by atoms with van der Waals surface area (Å²) in [5.41, 5.74) is 2.43. The molecule has 1 aromatic carbocycles. The number of benzene rings is 1. The van der Waals surface area contributed by atoms with Crippen molar-refractivity contribution in [3.63, 3.8) is 0 Å². The summed E-state index contributed by atoms with van der Waals surface area (Å²) in [4.78, 5) is 19.1. The molecule has 5 heteroatoms. The quantitative estimate of drug-likeness (QED) is 0.673. The maximum Gasteiger partial charge on any atom is 0.337 e. The van der Waals surface area contributed by atoms with E-state index in [2.05, 4.69) is 9.97 Å². The molecule has 3 aromatic rings. The van der Waals surface area contributed by atoms with Gasteiger partial charge >= 0.3 is 5.97 Å². The Bertz CT molecular complexity index is 732. The third-order valence-electron chi connectivity index (χ3n) is 2.67. The zero-order valence-corrected chi connectivity index (χ0v) is 10.2. The van der Waals surface area contributed by atoms with Gasteiger partial charge in [0.25, 0.3) is 0 Å². The van der Waals surface area contributed by atoms with Crippen molar-refractivity contribution in [3.8, 4) is 0 Å². The Kier molecular flexibility index (Phi) is 2.16. The first-order valence-electron chi connectivity index (χ1n) is 5.16. The number of aromatic nitrogens is 2. The maximum absolute atomic E-state index is 11.5. The van der Waals surface area contributed by atoms with Gasteiger partial charge in [0, 0.05) is 12.3 Å². The van der Waals surface area contributed by atoms with E-state index in [0.29, 0.717) is 5.56 Å². The molecule has 4 nitrogen and oxygen atoms in total. The number of nitrogens with one attached hydrogen (secondary N) is 1. The lowest BCUT2D eigenvalue weighted by atomic mass is 10.1. The van der Waals surface area contributed by atoms with Crippen molar-refractivity contribution in [2.24, 2.45) is 0 Å². The van der Waals surface area contributed by atoms with Crippen LogP contribution >= 0.6 is 11.3 Å². The number of hydrogen-bond acceptors (Lipinski definition) is 4. The SMILES string of the molecule is COC(=O)c1ccc2[nH]c3nc(C)sc3c2c1.[HH]. The van der Waals surface area contributed by atoms with Crippen molar-refractivity contribution in [2.45, 2.75) is 6.92 Å². The lowest BCUT2D eigenvalue weighted by molar-refractivity contribution is 0.0601. The van der Waals surface area contributed by atoms with Crippen LogP contribution in [0, 0.1) is 6.92 Å². The number of rotatable bonds is 1. The number of H-pyrrole nitrogens is 1. The summed E-state index contributed by atoms with van der Waals surface area (Å²) in [6.07, 6.45) is 0. The normalized spacial score (nSPS) is 11.2. The van der Waals surface area contributed by atoms with Crippen molar-refractivity contribution >= 4 is 38.6 Å². The fourth-order valence-corrected chi connectivity index (χ4v) is 2.81. The second-order valence-corrected chi connectivity index (χ2v) is 4.99. The minimum atomic E-state index is -0.317. The number of nitrogens with zero attached hydrogens (tertiary/aromatic N) is 1. The molecule has 0 aliphatic heterocycles. The summed E-state index contributed by atoms with van der Waals surface area (Å²) < 4.78 is 5.80. The van der Waals surface area contributed by atoms with Crippen LogP contribution in [0.4, 0.5) is 0 Å². The highest BCUT2D eigenvalue weighted by atomic mass is 32.1. The summed E-state index contributed by atoms with van der Waals surface area (Å²) in [5, 5.41) is 2.03. The Labute approximate surface area is 103 Å². The third kappa shape index (κ3) is 1.51. The standard InChI is InChI=1S/C12H10N2O2S.H2/c1-6-13-11-10(17-6)8-5-7(12(15)16-2)3-4-9(8)14-11;/h3-5,14H,1-2H3;1H. The second-order valence-electron chi connectivity index (χ2n) is 3.79. The number of hydrogen-bond donors (Lipinski definition) is 1. The highest BCUT2D eigenvalue weighted by Crippen LogP contribution is 2.30.